The Labute approximate surface area is 196 Å². The van der Waals surface area contributed by atoms with Crippen LogP contribution in [0.1, 0.15) is 12.5 Å². The van der Waals surface area contributed by atoms with Gasteiger partial charge in [0.25, 0.3) is 5.91 Å². The number of carbonyl (C=O) groups excluding carboxylic acids is 1. The molecule has 168 valence electrons. The Kier molecular flexibility index (Phi) is 6.28. The number of thioether (sulfide) groups is 1. The van der Waals surface area contributed by atoms with Crippen molar-refractivity contribution in [3.05, 3.63) is 71.3 Å². The molecule has 0 radical (unpaired) electrons. The summed E-state index contributed by atoms with van der Waals surface area (Å²) < 4.78 is 12.9. The van der Waals surface area contributed by atoms with Crippen LogP contribution >= 0.6 is 11.8 Å². The van der Waals surface area contributed by atoms with E-state index in [9.17, 15) is 4.79 Å². The molecule has 0 bridgehead atoms. The number of hydrogen-bond acceptors (Lipinski definition) is 6. The van der Waals surface area contributed by atoms with Crippen molar-refractivity contribution < 1.29 is 14.3 Å². The first kappa shape index (κ1) is 21.5. The number of amidine groups is 1. The summed E-state index contributed by atoms with van der Waals surface area (Å²) >= 11 is 1.41. The largest absolute Gasteiger partial charge is 0.494 e. The second kappa shape index (κ2) is 9.64. The number of aromatic nitrogens is 2. The van der Waals surface area contributed by atoms with E-state index in [4.69, 9.17) is 14.6 Å². The Morgan fingerprint density at radius 1 is 1.12 bits per heavy atom. The molecular weight excluding hydrogens is 436 g/mol. The van der Waals surface area contributed by atoms with E-state index in [0.717, 1.165) is 46.5 Å². The second-order valence-corrected chi connectivity index (χ2v) is 8.59. The maximum Gasteiger partial charge on any atom is 0.286 e. The van der Waals surface area contributed by atoms with Crippen LogP contribution in [0.4, 0.5) is 0 Å². The molecule has 33 heavy (non-hydrogen) atoms. The minimum atomic E-state index is -0.219. The molecule has 0 saturated carbocycles. The Morgan fingerprint density at radius 3 is 2.73 bits per heavy atom. The van der Waals surface area contributed by atoms with Gasteiger partial charge in [0.1, 0.15) is 11.4 Å². The monoisotopic (exact) mass is 460 g/mol. The van der Waals surface area contributed by atoms with Gasteiger partial charge in [-0.25, -0.2) is 4.68 Å². The molecule has 0 atom stereocenters. The Balaban J connectivity index is 1.52. The number of benzene rings is 2. The third-order valence-corrected chi connectivity index (χ3v) is 6.40. The predicted octanol–water partition coefficient (Wildman–Crippen LogP) is 4.24. The van der Waals surface area contributed by atoms with Gasteiger partial charge >= 0.3 is 0 Å². The van der Waals surface area contributed by atoms with Crippen molar-refractivity contribution in [2.75, 3.05) is 32.9 Å². The molecule has 1 fully saturated rings. The summed E-state index contributed by atoms with van der Waals surface area (Å²) in [6.45, 7) is 5.34. The van der Waals surface area contributed by atoms with Gasteiger partial charge in [0.05, 0.1) is 30.4 Å². The molecule has 2 aliphatic heterocycles. The van der Waals surface area contributed by atoms with Crippen molar-refractivity contribution in [2.24, 2.45) is 4.99 Å². The summed E-state index contributed by atoms with van der Waals surface area (Å²) in [4.78, 5) is 19.7. The zero-order chi connectivity index (χ0) is 22.6. The highest BCUT2D eigenvalue weighted by Crippen LogP contribution is 2.34. The molecule has 0 aliphatic carbocycles. The van der Waals surface area contributed by atoms with Crippen molar-refractivity contribution in [1.82, 2.24) is 14.7 Å². The molecule has 1 saturated heterocycles. The molecule has 2 aromatic carbocycles. The molecule has 1 aromatic heterocycles. The predicted molar refractivity (Wildman–Crippen MR) is 131 cm³/mol. The number of carbonyl (C=O) groups is 1. The molecule has 2 aliphatic rings. The van der Waals surface area contributed by atoms with Gasteiger partial charge in [0.15, 0.2) is 5.17 Å². The molecule has 1 amide bonds. The number of para-hydroxylation sites is 1. The van der Waals surface area contributed by atoms with Crippen LogP contribution in [0.2, 0.25) is 0 Å². The molecule has 0 N–H and O–H groups in total. The van der Waals surface area contributed by atoms with Crippen molar-refractivity contribution in [1.29, 1.82) is 0 Å². The SMILES string of the molecule is CCOc1cccc(-c2nn(-c3ccccc3)cc2/C=C2\SC(N3CCOCC3)=NC2=O)c1. The van der Waals surface area contributed by atoms with E-state index in [0.29, 0.717) is 24.7 Å². The number of aliphatic imine (C=N–C) groups is 1. The lowest BCUT2D eigenvalue weighted by atomic mass is 10.1. The average Bonchev–Trinajstić information content (AvgIpc) is 3.45. The van der Waals surface area contributed by atoms with Crippen LogP contribution in [0.3, 0.4) is 0 Å². The fourth-order valence-electron chi connectivity index (χ4n) is 3.76. The first-order valence-corrected chi connectivity index (χ1v) is 11.8. The van der Waals surface area contributed by atoms with E-state index < -0.39 is 0 Å². The summed E-state index contributed by atoms with van der Waals surface area (Å²) in [5.41, 5.74) is 3.50. The molecule has 3 heterocycles. The van der Waals surface area contributed by atoms with Gasteiger partial charge in [-0.1, -0.05) is 30.3 Å². The van der Waals surface area contributed by atoms with Crippen molar-refractivity contribution in [3.63, 3.8) is 0 Å². The van der Waals surface area contributed by atoms with Crippen molar-refractivity contribution >= 4 is 28.9 Å². The van der Waals surface area contributed by atoms with Crippen LogP contribution in [0.5, 0.6) is 5.75 Å². The van der Waals surface area contributed by atoms with Crippen molar-refractivity contribution in [3.8, 4) is 22.7 Å². The maximum absolute atomic E-state index is 12.7. The Bertz CT molecular complexity index is 1210. The average molecular weight is 461 g/mol. The molecule has 8 heteroatoms. The number of ether oxygens (including phenoxy) is 2. The Morgan fingerprint density at radius 2 is 1.94 bits per heavy atom. The van der Waals surface area contributed by atoms with Gasteiger partial charge in [-0.3, -0.25) is 4.79 Å². The van der Waals surface area contributed by atoms with Crippen LogP contribution in [0, 0.1) is 0 Å². The Hall–Kier alpha value is -3.36. The van der Waals surface area contributed by atoms with Crippen LogP contribution in [-0.4, -0.2) is 58.7 Å². The number of amides is 1. The smallest absolute Gasteiger partial charge is 0.286 e. The molecule has 7 nitrogen and oxygen atoms in total. The van der Waals surface area contributed by atoms with Gasteiger partial charge in [-0.2, -0.15) is 10.1 Å². The van der Waals surface area contributed by atoms with Gasteiger partial charge in [-0.05, 0) is 49.0 Å². The lowest BCUT2D eigenvalue weighted by molar-refractivity contribution is -0.113. The number of hydrogen-bond donors (Lipinski definition) is 0. The summed E-state index contributed by atoms with van der Waals surface area (Å²) in [5.74, 6) is 0.565. The zero-order valence-electron chi connectivity index (χ0n) is 18.3. The number of rotatable bonds is 5. The lowest BCUT2D eigenvalue weighted by Crippen LogP contribution is -2.38. The minimum absolute atomic E-state index is 0.219. The van der Waals surface area contributed by atoms with Crippen LogP contribution in [0.15, 0.2) is 70.7 Å². The fourth-order valence-corrected chi connectivity index (χ4v) is 4.71. The summed E-state index contributed by atoms with van der Waals surface area (Å²) in [7, 11) is 0. The van der Waals surface area contributed by atoms with Gasteiger partial charge in [0.2, 0.25) is 0 Å². The third-order valence-electron chi connectivity index (χ3n) is 5.36. The molecule has 0 spiro atoms. The van der Waals surface area contributed by atoms with Crippen molar-refractivity contribution in [2.45, 2.75) is 6.92 Å². The van der Waals surface area contributed by atoms with E-state index in [2.05, 4.69) is 9.89 Å². The summed E-state index contributed by atoms with van der Waals surface area (Å²) in [6.07, 6.45) is 3.84. The molecule has 5 rings (SSSR count). The number of nitrogens with zero attached hydrogens (tertiary/aromatic N) is 4. The third kappa shape index (κ3) is 4.72. The molecule has 3 aromatic rings. The van der Waals surface area contributed by atoms with Crippen LogP contribution in [0.25, 0.3) is 23.0 Å². The lowest BCUT2D eigenvalue weighted by Gasteiger charge is -2.27. The quantitative estimate of drug-likeness (QED) is 0.531. The first-order chi connectivity index (χ1) is 16.2. The molecular formula is C25H24N4O3S. The first-order valence-electron chi connectivity index (χ1n) is 10.9. The maximum atomic E-state index is 12.7. The minimum Gasteiger partial charge on any atom is -0.494 e. The second-order valence-electron chi connectivity index (χ2n) is 7.58. The highest BCUT2D eigenvalue weighted by atomic mass is 32.2. The van der Waals surface area contributed by atoms with Gasteiger partial charge in [0, 0.05) is 30.4 Å². The zero-order valence-corrected chi connectivity index (χ0v) is 19.1. The van der Waals surface area contributed by atoms with E-state index in [1.807, 2.05) is 78.5 Å². The number of morpholine rings is 1. The van der Waals surface area contributed by atoms with E-state index in [1.54, 1.807) is 0 Å². The normalized spacial score (nSPS) is 17.5. The highest BCUT2D eigenvalue weighted by Gasteiger charge is 2.28. The van der Waals surface area contributed by atoms with E-state index >= 15 is 0 Å². The highest BCUT2D eigenvalue weighted by molar-refractivity contribution is 8.18. The van der Waals surface area contributed by atoms with E-state index in [-0.39, 0.29) is 5.91 Å². The van der Waals surface area contributed by atoms with Gasteiger partial charge < -0.3 is 14.4 Å². The summed E-state index contributed by atoms with van der Waals surface area (Å²) in [6, 6.07) is 17.8. The topological polar surface area (TPSA) is 68.9 Å². The fraction of sp³-hybridized carbons (Fsp3) is 0.240. The molecule has 0 unspecified atom stereocenters. The summed E-state index contributed by atoms with van der Waals surface area (Å²) in [5, 5.41) is 5.60. The standard InChI is InChI=1S/C25H24N4O3S/c1-2-32-21-10-6-7-18(15-21)23-19(17-29(27-23)20-8-4-3-5-9-20)16-22-24(30)26-25(33-22)28-11-13-31-14-12-28/h3-10,15-17H,2,11-14H2,1H3/b22-16-. The van der Waals surface area contributed by atoms with Crippen LogP contribution in [-0.2, 0) is 9.53 Å². The van der Waals surface area contributed by atoms with E-state index in [1.165, 1.54) is 11.8 Å². The van der Waals surface area contributed by atoms with Crippen LogP contribution < -0.4 is 4.74 Å². The van der Waals surface area contributed by atoms with Gasteiger partial charge in [-0.15, -0.1) is 0 Å².